The number of rotatable bonds is 9. The van der Waals surface area contributed by atoms with E-state index in [1.54, 1.807) is 0 Å². The maximum absolute atomic E-state index is 14.9. The summed E-state index contributed by atoms with van der Waals surface area (Å²) in [6, 6.07) is 42.0. The standard InChI is InChI=1S/C59H62O7/c1-38(2)46-28-27-40-21-23-43(24-22-40)36-45(26-25-42-18-12-19-44(35-42)34-41-16-10-7-11-17-41)37-50(60)63-54-51-49(30-29-48-47-31-33-58(3,4)52(47)57(62)64-53(48)51)66-59(5,55(54)65-56(46)61)32-13-20-39-14-8-6-9-15-39/h6-12,14-19,21-24,29-30,35,45,54-55H,13,20,25-28,31-34,36-37H2,1-5H3/t45-,54-,55+,59+/m1/s1. The van der Waals surface area contributed by atoms with Crippen LogP contribution in [0.15, 0.2) is 142 Å². The lowest BCUT2D eigenvalue weighted by Gasteiger charge is -2.45. The van der Waals surface area contributed by atoms with Gasteiger partial charge in [0.1, 0.15) is 16.9 Å². The molecule has 0 spiro atoms. The van der Waals surface area contributed by atoms with E-state index in [0.29, 0.717) is 60.1 Å². The number of ether oxygens (including phenoxy) is 3. The van der Waals surface area contributed by atoms with Crippen LogP contribution < -0.4 is 10.4 Å². The molecule has 340 valence electrons. The van der Waals surface area contributed by atoms with Gasteiger partial charge in [0.05, 0.1) is 5.56 Å². The minimum Gasteiger partial charge on any atom is -0.483 e. The first-order valence-electron chi connectivity index (χ1n) is 24.0. The van der Waals surface area contributed by atoms with Gasteiger partial charge in [-0.3, -0.25) is 4.79 Å². The molecule has 10 rings (SSSR count). The average Bonchev–Trinajstić information content (AvgIpc) is 3.62. The van der Waals surface area contributed by atoms with Crippen LogP contribution in [0.4, 0.5) is 0 Å². The number of carbonyl (C=O) groups excluding carboxylic acids is 2. The molecule has 0 unspecified atom stereocenters. The summed E-state index contributed by atoms with van der Waals surface area (Å²) in [4.78, 5) is 43.7. The zero-order valence-corrected chi connectivity index (χ0v) is 39.1. The average molecular weight is 883 g/mol. The van der Waals surface area contributed by atoms with Gasteiger partial charge < -0.3 is 18.6 Å². The third-order valence-electron chi connectivity index (χ3n) is 14.4. The van der Waals surface area contributed by atoms with Gasteiger partial charge in [0.2, 0.25) is 0 Å². The van der Waals surface area contributed by atoms with Crippen LogP contribution in [0.1, 0.15) is 129 Å². The molecule has 1 aliphatic carbocycles. The smallest absolute Gasteiger partial charge is 0.340 e. The molecular formula is C59H62O7. The zero-order valence-electron chi connectivity index (χ0n) is 39.1. The molecule has 2 bridgehead atoms. The van der Waals surface area contributed by atoms with Crippen LogP contribution in [0, 0.1) is 5.92 Å². The second-order valence-corrected chi connectivity index (χ2v) is 20.1. The van der Waals surface area contributed by atoms with Crippen molar-refractivity contribution in [1.82, 2.24) is 0 Å². The molecule has 6 aromatic rings. The largest absolute Gasteiger partial charge is 0.483 e. The Labute approximate surface area is 389 Å². The van der Waals surface area contributed by atoms with Crippen molar-refractivity contribution in [2.45, 2.75) is 135 Å². The molecule has 0 saturated heterocycles. The molecule has 7 heteroatoms. The maximum atomic E-state index is 14.9. The molecule has 0 amide bonds. The number of benzene rings is 5. The summed E-state index contributed by atoms with van der Waals surface area (Å²) in [5.74, 6) is -0.475. The van der Waals surface area contributed by atoms with Gasteiger partial charge in [-0.2, -0.15) is 0 Å². The Morgan fingerprint density at radius 1 is 0.682 bits per heavy atom. The summed E-state index contributed by atoms with van der Waals surface area (Å²) in [6.07, 6.45) is 5.70. The van der Waals surface area contributed by atoms with E-state index >= 15 is 0 Å². The van der Waals surface area contributed by atoms with E-state index in [1.807, 2.05) is 57.2 Å². The molecular weight excluding hydrogens is 821 g/mol. The van der Waals surface area contributed by atoms with Crippen LogP contribution in [0.25, 0.3) is 11.0 Å². The zero-order chi connectivity index (χ0) is 46.0. The second kappa shape index (κ2) is 18.9. The minimum atomic E-state index is -1.12. The number of esters is 2. The highest BCUT2D eigenvalue weighted by atomic mass is 16.6. The lowest BCUT2D eigenvalue weighted by atomic mass is 9.81. The number of carbonyl (C=O) groups is 2. The van der Waals surface area contributed by atoms with Crippen molar-refractivity contribution in [2.75, 3.05) is 0 Å². The van der Waals surface area contributed by atoms with Gasteiger partial charge in [0, 0.05) is 22.9 Å². The van der Waals surface area contributed by atoms with Gasteiger partial charge in [-0.1, -0.05) is 129 Å². The molecule has 0 radical (unpaired) electrons. The predicted octanol–water partition coefficient (Wildman–Crippen LogP) is 12.4. The van der Waals surface area contributed by atoms with E-state index in [-0.39, 0.29) is 17.8 Å². The number of allylic oxidation sites excluding steroid dienone is 1. The van der Waals surface area contributed by atoms with E-state index in [4.69, 9.17) is 18.6 Å². The summed E-state index contributed by atoms with van der Waals surface area (Å²) in [6.45, 7) is 9.99. The Morgan fingerprint density at radius 2 is 1.38 bits per heavy atom. The summed E-state index contributed by atoms with van der Waals surface area (Å²) in [5.41, 5.74) is 9.16. The lowest BCUT2D eigenvalue weighted by molar-refractivity contribution is -0.192. The highest BCUT2D eigenvalue weighted by Crippen LogP contribution is 2.50. The Balaban J connectivity index is 1.11. The Bertz CT molecular complexity index is 2810. The van der Waals surface area contributed by atoms with E-state index in [0.717, 1.165) is 66.2 Å². The first-order valence-corrected chi connectivity index (χ1v) is 24.0. The molecule has 7 nitrogen and oxygen atoms in total. The topological polar surface area (TPSA) is 92.0 Å². The van der Waals surface area contributed by atoms with Crippen molar-refractivity contribution in [3.8, 4) is 5.75 Å². The lowest BCUT2D eigenvalue weighted by Crippen LogP contribution is -2.54. The van der Waals surface area contributed by atoms with E-state index < -0.39 is 35.4 Å². The predicted molar refractivity (Wildman–Crippen MR) is 260 cm³/mol. The normalized spacial score (nSPS) is 21.6. The van der Waals surface area contributed by atoms with Crippen LogP contribution in [0.3, 0.4) is 0 Å². The minimum absolute atomic E-state index is 0.0557. The van der Waals surface area contributed by atoms with E-state index in [2.05, 4.69) is 98.8 Å². The van der Waals surface area contributed by atoms with Crippen LogP contribution in [0.5, 0.6) is 5.75 Å². The summed E-state index contributed by atoms with van der Waals surface area (Å²) in [5, 5.41) is 0.791. The van der Waals surface area contributed by atoms with Crippen molar-refractivity contribution < 1.29 is 28.2 Å². The number of fused-ring (bicyclic) bond motifs is 15. The Kier molecular flexibility index (Phi) is 12.9. The maximum Gasteiger partial charge on any atom is 0.340 e. The fourth-order valence-corrected chi connectivity index (χ4v) is 10.8. The van der Waals surface area contributed by atoms with Crippen LogP contribution in [-0.2, 0) is 63.0 Å². The molecule has 4 heterocycles. The highest BCUT2D eigenvalue weighted by molar-refractivity contribution is 5.90. The fourth-order valence-electron chi connectivity index (χ4n) is 10.8. The van der Waals surface area contributed by atoms with Gasteiger partial charge in [-0.05, 0) is 154 Å². The first kappa shape index (κ1) is 45.0. The molecule has 0 fully saturated rings. The molecule has 66 heavy (non-hydrogen) atoms. The van der Waals surface area contributed by atoms with Gasteiger partial charge in [0.15, 0.2) is 12.2 Å². The van der Waals surface area contributed by atoms with Crippen molar-refractivity contribution in [3.63, 3.8) is 0 Å². The van der Waals surface area contributed by atoms with Crippen molar-refractivity contribution >= 4 is 22.9 Å². The first-order chi connectivity index (χ1) is 31.8. The highest BCUT2D eigenvalue weighted by Gasteiger charge is 2.53. The van der Waals surface area contributed by atoms with Crippen molar-refractivity contribution in [3.05, 3.63) is 193 Å². The van der Waals surface area contributed by atoms with Crippen LogP contribution in [0.2, 0.25) is 0 Å². The Hall–Kier alpha value is -6.21. The van der Waals surface area contributed by atoms with E-state index in [9.17, 15) is 14.4 Å². The summed E-state index contributed by atoms with van der Waals surface area (Å²) < 4.78 is 27.0. The molecule has 3 aliphatic heterocycles. The summed E-state index contributed by atoms with van der Waals surface area (Å²) >= 11 is 0. The number of hydrogen-bond donors (Lipinski definition) is 0. The van der Waals surface area contributed by atoms with Crippen molar-refractivity contribution in [1.29, 1.82) is 0 Å². The third kappa shape index (κ3) is 9.68. The van der Waals surface area contributed by atoms with E-state index in [1.165, 1.54) is 22.3 Å². The van der Waals surface area contributed by atoms with Gasteiger partial charge in [0.25, 0.3) is 0 Å². The Morgan fingerprint density at radius 3 is 2.12 bits per heavy atom. The quantitative estimate of drug-likeness (QED) is 0.0811. The molecule has 4 atom stereocenters. The number of aryl methyl sites for hydroxylation is 4. The van der Waals surface area contributed by atoms with Gasteiger partial charge in [-0.25, -0.2) is 9.59 Å². The number of hydrogen-bond acceptors (Lipinski definition) is 7. The molecule has 4 aliphatic rings. The van der Waals surface area contributed by atoms with Gasteiger partial charge in [-0.15, -0.1) is 0 Å². The molecule has 5 aromatic carbocycles. The third-order valence-corrected chi connectivity index (χ3v) is 14.4. The van der Waals surface area contributed by atoms with Crippen LogP contribution in [-0.4, -0.2) is 23.6 Å². The van der Waals surface area contributed by atoms with Gasteiger partial charge >= 0.3 is 17.6 Å². The van der Waals surface area contributed by atoms with Crippen molar-refractivity contribution in [2.24, 2.45) is 5.92 Å². The molecule has 0 saturated carbocycles. The molecule has 0 N–H and O–H groups in total. The second-order valence-electron chi connectivity index (χ2n) is 20.1. The van der Waals surface area contributed by atoms with Crippen LogP contribution >= 0.6 is 0 Å². The summed E-state index contributed by atoms with van der Waals surface area (Å²) in [7, 11) is 0. The SMILES string of the molecule is CC(C)=C1CCc2ccc(cc2)C[C@@H](CCc2cccc(Cc3ccccc3)c2)CC(=O)O[C@@H]2c3c(ccc4c5c(c(=O)oc34)C(C)(C)CC5)O[C@@](C)(CCCc3ccccc3)[C@H]2OC1=O. The fraction of sp³-hybridized carbons (Fsp3) is 0.373. The molecule has 1 aromatic heterocycles. The monoisotopic (exact) mass is 882 g/mol.